The van der Waals surface area contributed by atoms with Crippen LogP contribution in [-0.4, -0.2) is 36.9 Å². The Balaban J connectivity index is 1.84. The van der Waals surface area contributed by atoms with Gasteiger partial charge < -0.3 is 14.2 Å². The van der Waals surface area contributed by atoms with Crippen LogP contribution in [0.1, 0.15) is 28.6 Å². The van der Waals surface area contributed by atoms with Crippen molar-refractivity contribution in [2.24, 2.45) is 0 Å². The van der Waals surface area contributed by atoms with Crippen molar-refractivity contribution in [2.45, 2.75) is 19.9 Å². The minimum Gasteiger partial charge on any atom is -0.461 e. The van der Waals surface area contributed by atoms with Gasteiger partial charge in [0.25, 0.3) is 5.91 Å². The number of pyridine rings is 1. The van der Waals surface area contributed by atoms with E-state index in [4.69, 9.17) is 4.42 Å². The standard InChI is InChI=1S/C20H23N3O2/c1-5-17-16(15-8-6-7-9-18(15)25-17)13-23(4)20(24)14-10-11-19(21-12-14)22(2)3/h6-12H,5,13H2,1-4H3. The summed E-state index contributed by atoms with van der Waals surface area (Å²) in [7, 11) is 5.65. The first kappa shape index (κ1) is 17.0. The normalized spacial score (nSPS) is 10.9. The highest BCUT2D eigenvalue weighted by Crippen LogP contribution is 2.27. The van der Waals surface area contributed by atoms with Gasteiger partial charge in [0.2, 0.25) is 0 Å². The maximum atomic E-state index is 12.7. The lowest BCUT2D eigenvalue weighted by molar-refractivity contribution is 0.0784. The van der Waals surface area contributed by atoms with Gasteiger partial charge >= 0.3 is 0 Å². The summed E-state index contributed by atoms with van der Waals surface area (Å²) in [6, 6.07) is 11.6. The molecular formula is C20H23N3O2. The van der Waals surface area contributed by atoms with E-state index in [1.54, 1.807) is 11.1 Å². The van der Waals surface area contributed by atoms with Gasteiger partial charge in [0, 0.05) is 51.3 Å². The maximum Gasteiger partial charge on any atom is 0.255 e. The van der Waals surface area contributed by atoms with Gasteiger partial charge in [-0.25, -0.2) is 4.98 Å². The largest absolute Gasteiger partial charge is 0.461 e. The summed E-state index contributed by atoms with van der Waals surface area (Å²) in [5, 5.41) is 1.07. The van der Waals surface area contributed by atoms with Crippen molar-refractivity contribution in [3.63, 3.8) is 0 Å². The second-order valence-electron chi connectivity index (χ2n) is 6.31. The Bertz CT molecular complexity index is 882. The van der Waals surface area contributed by atoms with Crippen LogP contribution in [0.5, 0.6) is 0 Å². The number of furan rings is 1. The SMILES string of the molecule is CCc1oc2ccccc2c1CN(C)C(=O)c1ccc(N(C)C)nc1. The van der Waals surface area contributed by atoms with Crippen LogP contribution in [0.3, 0.4) is 0 Å². The first-order valence-corrected chi connectivity index (χ1v) is 8.39. The summed E-state index contributed by atoms with van der Waals surface area (Å²) in [5.41, 5.74) is 2.53. The van der Waals surface area contributed by atoms with Crippen LogP contribution in [-0.2, 0) is 13.0 Å². The highest BCUT2D eigenvalue weighted by molar-refractivity contribution is 5.94. The van der Waals surface area contributed by atoms with Crippen molar-refractivity contribution in [2.75, 3.05) is 26.0 Å². The minimum absolute atomic E-state index is 0.0508. The Morgan fingerprint density at radius 2 is 1.88 bits per heavy atom. The van der Waals surface area contributed by atoms with Crippen molar-refractivity contribution in [3.8, 4) is 0 Å². The van der Waals surface area contributed by atoms with Crippen LogP contribution in [0.4, 0.5) is 5.82 Å². The lowest BCUT2D eigenvalue weighted by Gasteiger charge is -2.18. The van der Waals surface area contributed by atoms with Gasteiger partial charge in [-0.1, -0.05) is 25.1 Å². The monoisotopic (exact) mass is 337 g/mol. The van der Waals surface area contributed by atoms with Crippen LogP contribution < -0.4 is 4.90 Å². The molecule has 1 aromatic carbocycles. The van der Waals surface area contributed by atoms with Crippen LogP contribution >= 0.6 is 0 Å². The van der Waals surface area contributed by atoms with E-state index in [0.29, 0.717) is 12.1 Å². The van der Waals surface area contributed by atoms with Crippen molar-refractivity contribution in [1.82, 2.24) is 9.88 Å². The number of aromatic nitrogens is 1. The second kappa shape index (κ2) is 6.97. The van der Waals surface area contributed by atoms with E-state index < -0.39 is 0 Å². The Kier molecular flexibility index (Phi) is 4.74. The first-order chi connectivity index (χ1) is 12.0. The summed E-state index contributed by atoms with van der Waals surface area (Å²) in [6.07, 6.45) is 2.42. The molecule has 0 unspecified atom stereocenters. The van der Waals surface area contributed by atoms with Crippen molar-refractivity contribution in [3.05, 3.63) is 59.5 Å². The van der Waals surface area contributed by atoms with Gasteiger partial charge in [0.1, 0.15) is 17.2 Å². The Hall–Kier alpha value is -2.82. The first-order valence-electron chi connectivity index (χ1n) is 8.39. The van der Waals surface area contributed by atoms with Crippen molar-refractivity contribution >= 4 is 22.7 Å². The molecule has 0 atom stereocenters. The van der Waals surface area contributed by atoms with Gasteiger partial charge in [0.15, 0.2) is 0 Å². The number of carbonyl (C=O) groups is 1. The van der Waals surface area contributed by atoms with Gasteiger partial charge in [0.05, 0.1) is 5.56 Å². The summed E-state index contributed by atoms with van der Waals surface area (Å²) in [6.45, 7) is 2.57. The van der Waals surface area contributed by atoms with Crippen molar-refractivity contribution in [1.29, 1.82) is 0 Å². The van der Waals surface area contributed by atoms with Crippen molar-refractivity contribution < 1.29 is 9.21 Å². The third-order valence-electron chi connectivity index (χ3n) is 4.30. The molecule has 130 valence electrons. The molecule has 0 radical (unpaired) electrons. The molecular weight excluding hydrogens is 314 g/mol. The number of rotatable bonds is 5. The molecule has 3 rings (SSSR count). The van der Waals surface area contributed by atoms with Gasteiger partial charge in [-0.05, 0) is 18.2 Å². The number of hydrogen-bond donors (Lipinski definition) is 0. The summed E-state index contributed by atoms with van der Waals surface area (Å²) in [5.74, 6) is 1.71. The predicted molar refractivity (Wildman–Crippen MR) is 100.0 cm³/mol. The number of amides is 1. The smallest absolute Gasteiger partial charge is 0.255 e. The van der Waals surface area contributed by atoms with E-state index >= 15 is 0 Å². The number of hydrogen-bond acceptors (Lipinski definition) is 4. The van der Waals surface area contributed by atoms with E-state index in [1.807, 2.05) is 62.4 Å². The fraction of sp³-hybridized carbons (Fsp3) is 0.300. The van der Waals surface area contributed by atoms with E-state index in [9.17, 15) is 4.79 Å². The zero-order valence-electron chi connectivity index (χ0n) is 15.1. The number of fused-ring (bicyclic) bond motifs is 1. The Morgan fingerprint density at radius 1 is 1.12 bits per heavy atom. The molecule has 5 nitrogen and oxygen atoms in total. The third kappa shape index (κ3) is 3.36. The summed E-state index contributed by atoms with van der Waals surface area (Å²) >= 11 is 0. The molecule has 0 aliphatic rings. The van der Waals surface area contributed by atoms with E-state index in [0.717, 1.165) is 34.5 Å². The number of aryl methyl sites for hydroxylation is 1. The molecule has 0 saturated carbocycles. The molecule has 0 saturated heterocycles. The number of nitrogens with zero attached hydrogens (tertiary/aromatic N) is 3. The quantitative estimate of drug-likeness (QED) is 0.712. The zero-order chi connectivity index (χ0) is 18.0. The topological polar surface area (TPSA) is 49.6 Å². The average Bonchev–Trinajstić information content (AvgIpc) is 2.99. The lowest BCUT2D eigenvalue weighted by atomic mass is 10.1. The van der Waals surface area contributed by atoms with Crippen LogP contribution in [0.15, 0.2) is 47.0 Å². The number of benzene rings is 1. The predicted octanol–water partition coefficient (Wildman–Crippen LogP) is 3.73. The van der Waals surface area contributed by atoms with Crippen LogP contribution in [0, 0.1) is 0 Å². The molecule has 1 amide bonds. The summed E-state index contributed by atoms with van der Waals surface area (Å²) < 4.78 is 5.92. The zero-order valence-corrected chi connectivity index (χ0v) is 15.1. The molecule has 0 N–H and O–H groups in total. The van der Waals surface area contributed by atoms with Crippen LogP contribution in [0.2, 0.25) is 0 Å². The Morgan fingerprint density at radius 3 is 2.52 bits per heavy atom. The molecule has 0 aliphatic carbocycles. The molecule has 0 spiro atoms. The number of anilines is 1. The number of carbonyl (C=O) groups excluding carboxylic acids is 1. The van der Waals surface area contributed by atoms with E-state index in [2.05, 4.69) is 11.9 Å². The molecule has 0 fully saturated rings. The van der Waals surface area contributed by atoms with Gasteiger partial charge in [-0.3, -0.25) is 4.79 Å². The lowest BCUT2D eigenvalue weighted by Crippen LogP contribution is -2.26. The maximum absolute atomic E-state index is 12.7. The fourth-order valence-corrected chi connectivity index (χ4v) is 2.91. The van der Waals surface area contributed by atoms with Gasteiger partial charge in [-0.15, -0.1) is 0 Å². The molecule has 2 heterocycles. The number of para-hydroxylation sites is 1. The second-order valence-corrected chi connectivity index (χ2v) is 6.31. The Labute approximate surface area is 147 Å². The van der Waals surface area contributed by atoms with Gasteiger partial charge in [-0.2, -0.15) is 0 Å². The highest BCUT2D eigenvalue weighted by Gasteiger charge is 2.18. The van der Waals surface area contributed by atoms with Crippen LogP contribution in [0.25, 0.3) is 11.0 Å². The average molecular weight is 337 g/mol. The summed E-state index contributed by atoms with van der Waals surface area (Å²) in [4.78, 5) is 20.7. The van der Waals surface area contributed by atoms with E-state index in [1.165, 1.54) is 0 Å². The third-order valence-corrected chi connectivity index (χ3v) is 4.30. The molecule has 0 bridgehead atoms. The molecule has 0 aliphatic heterocycles. The molecule has 5 heteroatoms. The molecule has 3 aromatic rings. The highest BCUT2D eigenvalue weighted by atomic mass is 16.3. The molecule has 25 heavy (non-hydrogen) atoms. The molecule has 2 aromatic heterocycles. The van der Waals surface area contributed by atoms with E-state index in [-0.39, 0.29) is 5.91 Å². The fourth-order valence-electron chi connectivity index (χ4n) is 2.91. The minimum atomic E-state index is -0.0508.